The third-order valence-electron chi connectivity index (χ3n) is 3.35. The van der Waals surface area contributed by atoms with Crippen LogP contribution in [-0.2, 0) is 6.42 Å². The molecule has 1 heterocycles. The minimum absolute atomic E-state index is 0.167. The standard InChI is InChI=1S/C13H20FN3/c1-13(15,17-8-6-16-7-9-17)10-11-4-2-3-5-12(11)14/h2-5,16H,6-10,15H2,1H3. The first-order valence-electron chi connectivity index (χ1n) is 6.08. The van der Waals surface area contributed by atoms with Gasteiger partial charge in [0, 0.05) is 32.6 Å². The second-order valence-corrected chi connectivity index (χ2v) is 4.86. The molecule has 4 heteroatoms. The molecule has 1 fully saturated rings. The Hall–Kier alpha value is -0.970. The summed E-state index contributed by atoms with van der Waals surface area (Å²) in [6.45, 7) is 5.71. The number of halogens is 1. The van der Waals surface area contributed by atoms with Crippen molar-refractivity contribution in [3.63, 3.8) is 0 Å². The van der Waals surface area contributed by atoms with Gasteiger partial charge in [0.25, 0.3) is 0 Å². The molecular formula is C13H20FN3. The molecule has 1 aromatic rings. The molecule has 0 aromatic heterocycles. The lowest BCUT2D eigenvalue weighted by Crippen LogP contribution is -2.60. The summed E-state index contributed by atoms with van der Waals surface area (Å²) in [6, 6.07) is 6.86. The van der Waals surface area contributed by atoms with Crippen molar-refractivity contribution < 1.29 is 4.39 Å². The Balaban J connectivity index is 2.08. The smallest absolute Gasteiger partial charge is 0.126 e. The van der Waals surface area contributed by atoms with Gasteiger partial charge in [0.1, 0.15) is 5.82 Å². The lowest BCUT2D eigenvalue weighted by Gasteiger charge is -2.41. The highest BCUT2D eigenvalue weighted by Gasteiger charge is 2.29. The van der Waals surface area contributed by atoms with Crippen LogP contribution in [0.5, 0.6) is 0 Å². The Bertz CT molecular complexity index is 373. The van der Waals surface area contributed by atoms with E-state index in [1.165, 1.54) is 6.07 Å². The van der Waals surface area contributed by atoms with Gasteiger partial charge in [-0.25, -0.2) is 4.39 Å². The van der Waals surface area contributed by atoms with Crippen molar-refractivity contribution in [1.82, 2.24) is 10.2 Å². The van der Waals surface area contributed by atoms with Crippen LogP contribution in [0.2, 0.25) is 0 Å². The van der Waals surface area contributed by atoms with Crippen LogP contribution in [0.3, 0.4) is 0 Å². The van der Waals surface area contributed by atoms with Crippen LogP contribution >= 0.6 is 0 Å². The zero-order valence-corrected chi connectivity index (χ0v) is 10.2. The molecule has 94 valence electrons. The Labute approximate surface area is 102 Å². The maximum Gasteiger partial charge on any atom is 0.126 e. The van der Waals surface area contributed by atoms with E-state index in [1.54, 1.807) is 6.07 Å². The van der Waals surface area contributed by atoms with Gasteiger partial charge in [-0.3, -0.25) is 4.90 Å². The third-order valence-corrected chi connectivity index (χ3v) is 3.35. The minimum atomic E-state index is -0.482. The topological polar surface area (TPSA) is 41.3 Å². The largest absolute Gasteiger partial charge is 0.314 e. The van der Waals surface area contributed by atoms with Gasteiger partial charge in [-0.15, -0.1) is 0 Å². The SMILES string of the molecule is CC(N)(Cc1ccccc1F)N1CCNCC1. The normalized spacial score (nSPS) is 21.1. The summed E-state index contributed by atoms with van der Waals surface area (Å²) in [6.07, 6.45) is 0.541. The number of nitrogens with one attached hydrogen (secondary N) is 1. The molecule has 0 amide bonds. The van der Waals surface area contributed by atoms with Gasteiger partial charge in [0.2, 0.25) is 0 Å². The highest BCUT2D eigenvalue weighted by Crippen LogP contribution is 2.18. The summed E-state index contributed by atoms with van der Waals surface area (Å²) in [5, 5.41) is 3.29. The number of hydrogen-bond acceptors (Lipinski definition) is 3. The predicted octanol–water partition coefficient (Wildman–Crippen LogP) is 0.948. The van der Waals surface area contributed by atoms with Gasteiger partial charge < -0.3 is 11.1 Å². The molecule has 2 rings (SSSR count). The van der Waals surface area contributed by atoms with Crippen molar-refractivity contribution in [3.8, 4) is 0 Å². The van der Waals surface area contributed by atoms with Crippen LogP contribution in [0.4, 0.5) is 4.39 Å². The first kappa shape index (κ1) is 12.5. The van der Waals surface area contributed by atoms with Gasteiger partial charge >= 0.3 is 0 Å². The maximum atomic E-state index is 13.6. The zero-order chi connectivity index (χ0) is 12.3. The third kappa shape index (κ3) is 3.03. The molecule has 3 nitrogen and oxygen atoms in total. The van der Waals surface area contributed by atoms with Crippen LogP contribution in [0, 0.1) is 5.82 Å². The van der Waals surface area contributed by atoms with Crippen molar-refractivity contribution in [2.24, 2.45) is 5.73 Å². The highest BCUT2D eigenvalue weighted by molar-refractivity contribution is 5.19. The molecule has 3 N–H and O–H groups in total. The number of benzene rings is 1. The van der Waals surface area contributed by atoms with Gasteiger partial charge in [-0.05, 0) is 18.6 Å². The lowest BCUT2D eigenvalue weighted by molar-refractivity contribution is 0.0924. The second kappa shape index (κ2) is 5.12. The van der Waals surface area contributed by atoms with Gasteiger partial charge in [0.15, 0.2) is 0 Å². The van der Waals surface area contributed by atoms with Crippen LogP contribution in [-0.4, -0.2) is 36.7 Å². The second-order valence-electron chi connectivity index (χ2n) is 4.86. The van der Waals surface area contributed by atoms with Gasteiger partial charge in [-0.1, -0.05) is 18.2 Å². The van der Waals surface area contributed by atoms with E-state index < -0.39 is 5.66 Å². The molecule has 0 saturated carbocycles. The van der Waals surface area contributed by atoms with Crippen molar-refractivity contribution in [1.29, 1.82) is 0 Å². The Kier molecular flexibility index (Phi) is 3.76. The number of piperazine rings is 1. The average Bonchev–Trinajstić information content (AvgIpc) is 2.33. The fourth-order valence-electron chi connectivity index (χ4n) is 2.31. The molecule has 1 aromatic carbocycles. The van der Waals surface area contributed by atoms with E-state index in [1.807, 2.05) is 19.1 Å². The van der Waals surface area contributed by atoms with Crippen LogP contribution in [0.1, 0.15) is 12.5 Å². The summed E-state index contributed by atoms with van der Waals surface area (Å²) < 4.78 is 13.6. The lowest BCUT2D eigenvalue weighted by atomic mass is 9.99. The number of nitrogens with two attached hydrogens (primary N) is 1. The highest BCUT2D eigenvalue weighted by atomic mass is 19.1. The van der Waals surface area contributed by atoms with Crippen LogP contribution in [0.25, 0.3) is 0 Å². The predicted molar refractivity (Wildman–Crippen MR) is 67.1 cm³/mol. The zero-order valence-electron chi connectivity index (χ0n) is 10.2. The van der Waals surface area contributed by atoms with Crippen molar-refractivity contribution in [2.45, 2.75) is 19.0 Å². The molecule has 1 unspecified atom stereocenters. The van der Waals surface area contributed by atoms with E-state index in [2.05, 4.69) is 10.2 Å². The molecule has 1 aliphatic heterocycles. The summed E-state index contributed by atoms with van der Waals surface area (Å²) in [5.41, 5.74) is 6.53. The summed E-state index contributed by atoms with van der Waals surface area (Å²) in [7, 11) is 0. The number of nitrogens with zero attached hydrogens (tertiary/aromatic N) is 1. The molecule has 17 heavy (non-hydrogen) atoms. The van der Waals surface area contributed by atoms with Crippen molar-refractivity contribution >= 4 is 0 Å². The number of hydrogen-bond donors (Lipinski definition) is 2. The van der Waals surface area contributed by atoms with Crippen molar-refractivity contribution in [3.05, 3.63) is 35.6 Å². The van der Waals surface area contributed by atoms with Crippen LogP contribution < -0.4 is 11.1 Å². The quantitative estimate of drug-likeness (QED) is 0.822. The van der Waals surface area contributed by atoms with E-state index in [9.17, 15) is 4.39 Å². The Morgan fingerprint density at radius 2 is 2.00 bits per heavy atom. The first-order chi connectivity index (χ1) is 8.09. The molecule has 1 atom stereocenters. The summed E-state index contributed by atoms with van der Waals surface area (Å²) in [5.74, 6) is -0.167. The molecule has 1 saturated heterocycles. The number of rotatable bonds is 3. The summed E-state index contributed by atoms with van der Waals surface area (Å²) >= 11 is 0. The molecule has 1 aliphatic rings. The summed E-state index contributed by atoms with van der Waals surface area (Å²) in [4.78, 5) is 2.22. The minimum Gasteiger partial charge on any atom is -0.314 e. The van der Waals surface area contributed by atoms with Gasteiger partial charge in [0.05, 0.1) is 5.66 Å². The van der Waals surface area contributed by atoms with Crippen molar-refractivity contribution in [2.75, 3.05) is 26.2 Å². The Morgan fingerprint density at radius 3 is 2.65 bits per heavy atom. The van der Waals surface area contributed by atoms with E-state index in [4.69, 9.17) is 5.73 Å². The fraction of sp³-hybridized carbons (Fsp3) is 0.538. The molecule has 0 bridgehead atoms. The van der Waals surface area contributed by atoms with Gasteiger partial charge in [-0.2, -0.15) is 0 Å². The van der Waals surface area contributed by atoms with E-state index in [0.29, 0.717) is 12.0 Å². The molecule has 0 radical (unpaired) electrons. The molecule has 0 spiro atoms. The first-order valence-corrected chi connectivity index (χ1v) is 6.08. The maximum absolute atomic E-state index is 13.6. The Morgan fingerprint density at radius 1 is 1.35 bits per heavy atom. The van der Waals surface area contributed by atoms with E-state index in [-0.39, 0.29) is 5.82 Å². The molecular weight excluding hydrogens is 217 g/mol. The van der Waals surface area contributed by atoms with E-state index >= 15 is 0 Å². The van der Waals surface area contributed by atoms with Crippen LogP contribution in [0.15, 0.2) is 24.3 Å². The monoisotopic (exact) mass is 237 g/mol. The molecule has 0 aliphatic carbocycles. The fourth-order valence-corrected chi connectivity index (χ4v) is 2.31. The average molecular weight is 237 g/mol. The van der Waals surface area contributed by atoms with E-state index in [0.717, 1.165) is 26.2 Å².